The number of hydrazine groups is 1. The van der Waals surface area contributed by atoms with Gasteiger partial charge in [0.15, 0.2) is 0 Å². The van der Waals surface area contributed by atoms with E-state index in [0.29, 0.717) is 0 Å². The van der Waals surface area contributed by atoms with E-state index in [2.05, 4.69) is 192 Å². The Bertz CT molecular complexity index is 3140. The number of H-pyrrole nitrogens is 2. The molecule has 1 saturated heterocycles. The third kappa shape index (κ3) is 7.48. The Labute approximate surface area is 376 Å². The van der Waals surface area contributed by atoms with Crippen LogP contribution in [-0.4, -0.2) is 51.2 Å². The Kier molecular flexibility index (Phi) is 10.6. The fraction of sp³-hybridized carbons (Fsp3) is 0.228. The summed E-state index contributed by atoms with van der Waals surface area (Å²) < 4.78 is 5.60. The molecule has 6 heterocycles. The van der Waals surface area contributed by atoms with Crippen molar-refractivity contribution in [3.8, 4) is 44.5 Å². The van der Waals surface area contributed by atoms with Gasteiger partial charge >= 0.3 is 0 Å². The van der Waals surface area contributed by atoms with Gasteiger partial charge in [0, 0.05) is 63.1 Å². The molecule has 0 atom stereocenters. The molecule has 3 aromatic heterocycles. The van der Waals surface area contributed by atoms with E-state index in [-0.39, 0.29) is 0 Å². The zero-order valence-corrected chi connectivity index (χ0v) is 38.5. The summed E-state index contributed by atoms with van der Waals surface area (Å²) >= 11 is 0. The van der Waals surface area contributed by atoms with Crippen LogP contribution < -0.4 is 5.43 Å². The van der Waals surface area contributed by atoms with Crippen LogP contribution in [0.1, 0.15) is 72.8 Å². The van der Waals surface area contributed by atoms with Crippen molar-refractivity contribution in [3.63, 3.8) is 0 Å². The van der Waals surface area contributed by atoms with E-state index >= 15 is 0 Å². The van der Waals surface area contributed by atoms with Crippen molar-refractivity contribution in [2.75, 3.05) is 31.7 Å². The fourth-order valence-corrected chi connectivity index (χ4v) is 10.6. The van der Waals surface area contributed by atoms with Crippen LogP contribution in [0.3, 0.4) is 0 Å². The number of rotatable bonds is 6. The van der Waals surface area contributed by atoms with Crippen LogP contribution >= 0.6 is 0 Å². The quantitative estimate of drug-likeness (QED) is 0.155. The molecule has 8 bridgehead atoms. The number of aryl methyl sites for hydroxylation is 9. The second-order valence-corrected chi connectivity index (χ2v) is 18.1. The monoisotopic (exact) mass is 840 g/mol. The number of aromatic amines is 2. The highest BCUT2D eigenvalue weighted by Crippen LogP contribution is 2.42. The lowest BCUT2D eigenvalue weighted by Gasteiger charge is -2.28. The number of fused-ring (bicyclic) bond motifs is 8. The average Bonchev–Trinajstić information content (AvgIpc) is 4.09. The molecule has 7 nitrogen and oxygen atoms in total. The molecule has 0 spiro atoms. The predicted octanol–water partition coefficient (Wildman–Crippen LogP) is 13.8. The maximum Gasteiger partial charge on any atom is 0.0737 e. The molecular formula is C57H56N6O. The number of hydrogen-bond donors (Lipinski definition) is 3. The number of hydrogen-bond acceptors (Lipinski definition) is 5. The molecule has 0 amide bonds. The smallest absolute Gasteiger partial charge is 0.0737 e. The second-order valence-electron chi connectivity index (χ2n) is 18.1. The molecule has 4 aromatic carbocycles. The van der Waals surface area contributed by atoms with Gasteiger partial charge in [0.25, 0.3) is 0 Å². The lowest BCUT2D eigenvalue weighted by molar-refractivity contribution is 0.0497. The van der Waals surface area contributed by atoms with E-state index in [9.17, 15) is 0 Å². The Morgan fingerprint density at radius 1 is 0.422 bits per heavy atom. The molecule has 0 saturated carbocycles. The summed E-state index contributed by atoms with van der Waals surface area (Å²) in [7, 11) is 0. The Balaban J connectivity index is 1.35. The van der Waals surface area contributed by atoms with E-state index in [1.165, 1.54) is 66.8 Å². The number of anilines is 1. The van der Waals surface area contributed by atoms with Gasteiger partial charge in [0.2, 0.25) is 0 Å². The molecule has 3 N–H and O–H groups in total. The predicted molar refractivity (Wildman–Crippen MR) is 269 cm³/mol. The van der Waals surface area contributed by atoms with Gasteiger partial charge in [-0.2, -0.15) is 0 Å². The maximum absolute atomic E-state index is 5.63. The highest BCUT2D eigenvalue weighted by molar-refractivity contribution is 6.01. The average molecular weight is 841 g/mol. The number of ether oxygens (including phenoxy) is 1. The third-order valence-electron chi connectivity index (χ3n) is 13.0. The van der Waals surface area contributed by atoms with E-state index in [0.717, 1.165) is 105 Å². The summed E-state index contributed by atoms with van der Waals surface area (Å²) in [5.41, 5.74) is 32.2. The van der Waals surface area contributed by atoms with Gasteiger partial charge in [-0.15, -0.1) is 0 Å². The van der Waals surface area contributed by atoms with Crippen LogP contribution in [0.4, 0.5) is 5.69 Å². The summed E-state index contributed by atoms with van der Waals surface area (Å²) in [6.07, 6.45) is 8.79. The van der Waals surface area contributed by atoms with Crippen LogP contribution in [0.25, 0.3) is 90.9 Å². The molecule has 64 heavy (non-hydrogen) atoms. The lowest BCUT2D eigenvalue weighted by Crippen LogP contribution is -2.40. The SMILES string of the molecule is Cc1cc(C)c(-c2c3nc(c(-c4c(C)cc(C)cc4C)c4ccc([nH]4)c(-c4c(C)cc(C)cc4C)c4nc(c(-c5ccc(NN6CCOCC6)cc5)c5ccc2[nH]5)C=C4)C=C3)c(C)c1. The molecule has 3 aliphatic rings. The summed E-state index contributed by atoms with van der Waals surface area (Å²) in [4.78, 5) is 19.2. The van der Waals surface area contributed by atoms with E-state index in [1.54, 1.807) is 0 Å². The molecule has 10 rings (SSSR count). The summed E-state index contributed by atoms with van der Waals surface area (Å²) in [6.45, 7) is 23.0. The van der Waals surface area contributed by atoms with Crippen LogP contribution in [0.15, 0.2) is 84.9 Å². The van der Waals surface area contributed by atoms with Crippen LogP contribution in [0.2, 0.25) is 0 Å². The zero-order valence-electron chi connectivity index (χ0n) is 38.5. The number of nitrogens with zero attached hydrogens (tertiary/aromatic N) is 3. The van der Waals surface area contributed by atoms with Gasteiger partial charge in [-0.3, -0.25) is 0 Å². The fourth-order valence-electron chi connectivity index (χ4n) is 10.6. The first-order valence-corrected chi connectivity index (χ1v) is 22.5. The highest BCUT2D eigenvalue weighted by Gasteiger charge is 2.23. The van der Waals surface area contributed by atoms with Crippen molar-refractivity contribution in [1.29, 1.82) is 0 Å². The Morgan fingerprint density at radius 2 is 0.750 bits per heavy atom. The van der Waals surface area contributed by atoms with Crippen LogP contribution in [0, 0.1) is 62.3 Å². The van der Waals surface area contributed by atoms with Gasteiger partial charge in [-0.25, -0.2) is 15.0 Å². The first-order chi connectivity index (χ1) is 30.9. The number of aromatic nitrogens is 4. The molecule has 0 radical (unpaired) electrons. The zero-order chi connectivity index (χ0) is 44.4. The van der Waals surface area contributed by atoms with Crippen molar-refractivity contribution in [1.82, 2.24) is 24.9 Å². The Morgan fingerprint density at radius 3 is 1.11 bits per heavy atom. The van der Waals surface area contributed by atoms with Crippen molar-refractivity contribution in [2.24, 2.45) is 0 Å². The summed E-state index contributed by atoms with van der Waals surface area (Å²) in [5.74, 6) is 0. The topological polar surface area (TPSA) is 81.9 Å². The minimum absolute atomic E-state index is 0.724. The Hall–Kier alpha value is -6.80. The number of nitrogens with one attached hydrogen (secondary N) is 3. The molecule has 0 unspecified atom stereocenters. The van der Waals surface area contributed by atoms with Gasteiger partial charge < -0.3 is 20.1 Å². The minimum atomic E-state index is 0.724. The number of morpholine rings is 1. The van der Waals surface area contributed by atoms with Gasteiger partial charge in [0.05, 0.1) is 36.0 Å². The normalized spacial score (nSPS) is 13.8. The third-order valence-corrected chi connectivity index (χ3v) is 13.0. The molecule has 7 heteroatoms. The van der Waals surface area contributed by atoms with Crippen molar-refractivity contribution in [3.05, 3.63) is 158 Å². The van der Waals surface area contributed by atoms with E-state index in [1.807, 2.05) is 0 Å². The number of benzene rings is 4. The van der Waals surface area contributed by atoms with E-state index < -0.39 is 0 Å². The van der Waals surface area contributed by atoms with Crippen LogP contribution in [-0.2, 0) is 4.74 Å². The molecular weight excluding hydrogens is 785 g/mol. The van der Waals surface area contributed by atoms with Crippen molar-refractivity contribution in [2.45, 2.75) is 62.3 Å². The van der Waals surface area contributed by atoms with E-state index in [4.69, 9.17) is 14.7 Å². The summed E-state index contributed by atoms with van der Waals surface area (Å²) in [5, 5.41) is 2.22. The molecule has 7 aromatic rings. The standard InChI is InChI=1S/C57H56N6O/c1-32-26-35(4)51(36(5)27-32)55-45-16-14-43(58-45)54(41-10-12-42(13-11-41)62-63-22-24-64-25-23-63)44-15-17-46(59-44)56(52-37(6)28-33(2)29-38(52)7)48-19-21-50(61-48)57(49-20-18-47(55)60-49)53-39(8)30-34(3)31-40(53)9/h10-21,26-31,58,61-62H,22-25H2,1-9H3. The van der Waals surface area contributed by atoms with Crippen molar-refractivity contribution >= 4 is 52.1 Å². The summed E-state index contributed by atoms with van der Waals surface area (Å²) in [6, 6.07) is 31.3. The van der Waals surface area contributed by atoms with Crippen molar-refractivity contribution < 1.29 is 4.74 Å². The van der Waals surface area contributed by atoms with Gasteiger partial charge in [-0.1, -0.05) is 65.2 Å². The van der Waals surface area contributed by atoms with Crippen LogP contribution in [0.5, 0.6) is 0 Å². The molecule has 1 fully saturated rings. The first kappa shape index (κ1) is 41.2. The maximum atomic E-state index is 5.63. The van der Waals surface area contributed by atoms with Gasteiger partial charge in [-0.05, 0) is 179 Å². The lowest BCUT2D eigenvalue weighted by atomic mass is 9.92. The second kappa shape index (κ2) is 16.4. The highest BCUT2D eigenvalue weighted by atomic mass is 16.5. The van der Waals surface area contributed by atoms with Gasteiger partial charge in [0.1, 0.15) is 0 Å². The molecule has 3 aliphatic heterocycles. The molecule has 320 valence electrons. The first-order valence-electron chi connectivity index (χ1n) is 22.5. The largest absolute Gasteiger partial charge is 0.379 e. The molecule has 0 aliphatic carbocycles. The minimum Gasteiger partial charge on any atom is -0.379 e.